The maximum absolute atomic E-state index is 14.1. The van der Waals surface area contributed by atoms with E-state index in [1.165, 1.54) is 0 Å². The number of aryl methyl sites for hydroxylation is 2. The van der Waals surface area contributed by atoms with Crippen LogP contribution in [0.15, 0.2) is 18.2 Å². The van der Waals surface area contributed by atoms with Crippen LogP contribution >= 0.6 is 0 Å². The molecule has 0 spiro atoms. The lowest BCUT2D eigenvalue weighted by molar-refractivity contribution is -0.144. The lowest BCUT2D eigenvalue weighted by Crippen LogP contribution is -2.56. The highest BCUT2D eigenvalue weighted by Gasteiger charge is 2.38. The third-order valence-corrected chi connectivity index (χ3v) is 5.80. The molecule has 0 aliphatic rings. The van der Waals surface area contributed by atoms with E-state index in [4.69, 9.17) is 4.74 Å². The minimum Gasteiger partial charge on any atom is -0.444 e. The first-order valence-corrected chi connectivity index (χ1v) is 13.2. The van der Waals surface area contributed by atoms with Gasteiger partial charge in [0.25, 0.3) is 0 Å². The number of ether oxygens (including phenoxy) is 1. The second kappa shape index (κ2) is 13.1. The number of rotatable bonds is 10. The van der Waals surface area contributed by atoms with Crippen molar-refractivity contribution < 1.29 is 19.1 Å². The summed E-state index contributed by atoms with van der Waals surface area (Å²) in [5.74, 6) is -0.737. The molecule has 0 aromatic heterocycles. The van der Waals surface area contributed by atoms with E-state index < -0.39 is 29.3 Å². The Labute approximate surface area is 218 Å². The van der Waals surface area contributed by atoms with E-state index in [0.29, 0.717) is 6.54 Å². The lowest BCUT2D eigenvalue weighted by atomic mass is 9.95. The summed E-state index contributed by atoms with van der Waals surface area (Å²) in [5, 5.41) is 5.85. The predicted molar refractivity (Wildman–Crippen MR) is 146 cm³/mol. The highest BCUT2D eigenvalue weighted by molar-refractivity contribution is 5.92. The number of alkyl carbamates (subject to hydrolysis) is 1. The third-order valence-electron chi connectivity index (χ3n) is 5.80. The van der Waals surface area contributed by atoms with Crippen LogP contribution in [0.5, 0.6) is 0 Å². The van der Waals surface area contributed by atoms with Crippen molar-refractivity contribution in [1.29, 1.82) is 0 Å². The highest BCUT2D eigenvalue weighted by Crippen LogP contribution is 2.27. The van der Waals surface area contributed by atoms with Crippen molar-refractivity contribution in [3.8, 4) is 0 Å². The SMILES string of the molecule is CCCCCN(C(=O)C(NC(=O)OC(C)(C)C)C(C)C)C(C(=O)NC(C)(C)C)c1ccc(C)c(C)c1. The standard InChI is InChI=1S/C29H49N3O4/c1-12-13-14-17-32(26(34)23(19(2)3)30-27(35)36-29(9,10)11)24(25(33)31-28(6,7)8)22-16-15-20(4)21(5)18-22/h15-16,18-19,23-24H,12-14,17H2,1-11H3,(H,30,35)(H,31,33). The number of carbonyl (C=O) groups is 3. The van der Waals surface area contributed by atoms with Gasteiger partial charge in [-0.3, -0.25) is 9.59 Å². The van der Waals surface area contributed by atoms with Crippen molar-refractivity contribution in [3.63, 3.8) is 0 Å². The van der Waals surface area contributed by atoms with E-state index >= 15 is 0 Å². The van der Waals surface area contributed by atoms with Gasteiger partial charge in [-0.1, -0.05) is 51.8 Å². The van der Waals surface area contributed by atoms with Gasteiger partial charge in [0.1, 0.15) is 17.7 Å². The van der Waals surface area contributed by atoms with Gasteiger partial charge >= 0.3 is 6.09 Å². The molecule has 7 nitrogen and oxygen atoms in total. The number of hydrogen-bond donors (Lipinski definition) is 2. The number of unbranched alkanes of at least 4 members (excludes halogenated alkanes) is 2. The summed E-state index contributed by atoms with van der Waals surface area (Å²) in [5.41, 5.74) is 1.76. The van der Waals surface area contributed by atoms with Crippen molar-refractivity contribution in [2.45, 2.75) is 119 Å². The predicted octanol–water partition coefficient (Wildman–Crippen LogP) is 5.83. The van der Waals surface area contributed by atoms with E-state index in [-0.39, 0.29) is 17.7 Å². The first-order chi connectivity index (χ1) is 16.5. The second-order valence-corrected chi connectivity index (χ2v) is 12.1. The van der Waals surface area contributed by atoms with Crippen LogP contribution in [0.25, 0.3) is 0 Å². The van der Waals surface area contributed by atoms with Crippen LogP contribution in [0.1, 0.15) is 104 Å². The molecular weight excluding hydrogens is 454 g/mol. The molecule has 2 N–H and O–H groups in total. The molecule has 0 heterocycles. The van der Waals surface area contributed by atoms with Crippen molar-refractivity contribution in [3.05, 3.63) is 34.9 Å². The first kappa shape index (κ1) is 31.5. The molecule has 2 unspecified atom stereocenters. The average Bonchev–Trinajstić information content (AvgIpc) is 2.70. The Kier molecular flexibility index (Phi) is 11.5. The van der Waals surface area contributed by atoms with Gasteiger partial charge in [-0.2, -0.15) is 0 Å². The molecule has 2 atom stereocenters. The van der Waals surface area contributed by atoms with Gasteiger partial charge in [0.05, 0.1) is 0 Å². The molecule has 0 aliphatic carbocycles. The lowest BCUT2D eigenvalue weighted by Gasteiger charge is -2.37. The maximum atomic E-state index is 14.1. The molecule has 0 bridgehead atoms. The van der Waals surface area contributed by atoms with Crippen LogP contribution in [0.4, 0.5) is 4.79 Å². The monoisotopic (exact) mass is 503 g/mol. The van der Waals surface area contributed by atoms with Gasteiger partial charge < -0.3 is 20.3 Å². The summed E-state index contributed by atoms with van der Waals surface area (Å²) in [6.45, 7) is 21.4. The summed E-state index contributed by atoms with van der Waals surface area (Å²) in [6.07, 6.45) is 2.01. The molecule has 0 fully saturated rings. The summed E-state index contributed by atoms with van der Waals surface area (Å²) < 4.78 is 5.43. The molecule has 0 radical (unpaired) electrons. The average molecular weight is 504 g/mol. The van der Waals surface area contributed by atoms with Crippen LogP contribution in [0.2, 0.25) is 0 Å². The zero-order chi connectivity index (χ0) is 27.8. The van der Waals surface area contributed by atoms with Crippen LogP contribution in [0.3, 0.4) is 0 Å². The summed E-state index contributed by atoms with van der Waals surface area (Å²) in [7, 11) is 0. The summed E-state index contributed by atoms with van der Waals surface area (Å²) >= 11 is 0. The maximum Gasteiger partial charge on any atom is 0.408 e. The first-order valence-electron chi connectivity index (χ1n) is 13.2. The molecule has 3 amide bonds. The van der Waals surface area contributed by atoms with Crippen molar-refractivity contribution in [1.82, 2.24) is 15.5 Å². The molecule has 1 aromatic rings. The Balaban J connectivity index is 3.55. The normalized spacial score (nSPS) is 13.7. The van der Waals surface area contributed by atoms with Crippen molar-refractivity contribution in [2.24, 2.45) is 5.92 Å². The summed E-state index contributed by atoms with van der Waals surface area (Å²) in [6, 6.07) is 4.22. The van der Waals surface area contributed by atoms with Gasteiger partial charge in [-0.05, 0) is 84.4 Å². The fourth-order valence-corrected chi connectivity index (χ4v) is 3.87. The Morgan fingerprint density at radius 1 is 0.972 bits per heavy atom. The number of carbonyl (C=O) groups excluding carboxylic acids is 3. The van der Waals surface area contributed by atoms with Gasteiger partial charge in [-0.15, -0.1) is 0 Å². The number of amides is 3. The molecule has 1 rings (SSSR count). The quantitative estimate of drug-likeness (QED) is 0.393. The molecule has 0 saturated carbocycles. The number of nitrogens with one attached hydrogen (secondary N) is 2. The largest absolute Gasteiger partial charge is 0.444 e. The van der Waals surface area contributed by atoms with Gasteiger partial charge in [0.2, 0.25) is 11.8 Å². The Hall–Kier alpha value is -2.57. The van der Waals surface area contributed by atoms with E-state index in [9.17, 15) is 14.4 Å². The fraction of sp³-hybridized carbons (Fsp3) is 0.690. The zero-order valence-electron chi connectivity index (χ0n) is 24.4. The van der Waals surface area contributed by atoms with Crippen molar-refractivity contribution >= 4 is 17.9 Å². The second-order valence-electron chi connectivity index (χ2n) is 12.1. The van der Waals surface area contributed by atoms with Crippen LogP contribution in [-0.4, -0.2) is 46.5 Å². The van der Waals surface area contributed by atoms with E-state index in [1.807, 2.05) is 66.7 Å². The van der Waals surface area contributed by atoms with E-state index in [1.54, 1.807) is 25.7 Å². The number of hydrogen-bond acceptors (Lipinski definition) is 4. The molecule has 0 saturated heterocycles. The zero-order valence-corrected chi connectivity index (χ0v) is 24.4. The minimum atomic E-state index is -0.835. The fourth-order valence-electron chi connectivity index (χ4n) is 3.87. The van der Waals surface area contributed by atoms with Crippen LogP contribution < -0.4 is 10.6 Å². The topological polar surface area (TPSA) is 87.7 Å². The van der Waals surface area contributed by atoms with Crippen molar-refractivity contribution in [2.75, 3.05) is 6.54 Å². The van der Waals surface area contributed by atoms with Gasteiger partial charge in [0.15, 0.2) is 0 Å². The molecule has 1 aromatic carbocycles. The van der Waals surface area contributed by atoms with E-state index in [0.717, 1.165) is 36.0 Å². The summed E-state index contributed by atoms with van der Waals surface area (Å²) in [4.78, 5) is 42.1. The number of benzene rings is 1. The molecule has 36 heavy (non-hydrogen) atoms. The smallest absolute Gasteiger partial charge is 0.408 e. The van der Waals surface area contributed by atoms with E-state index in [2.05, 4.69) is 17.6 Å². The molecule has 204 valence electrons. The number of nitrogens with zero attached hydrogens (tertiary/aromatic N) is 1. The molecular formula is C29H49N3O4. The van der Waals surface area contributed by atoms with Crippen LogP contribution in [-0.2, 0) is 14.3 Å². The van der Waals surface area contributed by atoms with Gasteiger partial charge in [0, 0.05) is 12.1 Å². The minimum absolute atomic E-state index is 0.204. The molecule has 0 aliphatic heterocycles. The molecule has 7 heteroatoms. The highest BCUT2D eigenvalue weighted by atomic mass is 16.6. The Morgan fingerprint density at radius 2 is 1.58 bits per heavy atom. The van der Waals surface area contributed by atoms with Crippen LogP contribution in [0, 0.1) is 19.8 Å². The van der Waals surface area contributed by atoms with Gasteiger partial charge in [-0.25, -0.2) is 4.79 Å². The Morgan fingerprint density at radius 3 is 2.06 bits per heavy atom. The Bertz CT molecular complexity index is 897. The third kappa shape index (κ3) is 10.2.